The van der Waals surface area contributed by atoms with Crippen LogP contribution in [0.25, 0.3) is 0 Å². The van der Waals surface area contributed by atoms with Gasteiger partial charge in [-0.3, -0.25) is 0 Å². The largest absolute Gasteiger partial charge is 0.497 e. The summed E-state index contributed by atoms with van der Waals surface area (Å²) >= 11 is 0. The minimum absolute atomic E-state index is 0.120. The van der Waals surface area contributed by atoms with Crippen LogP contribution in [-0.4, -0.2) is 13.7 Å². The second kappa shape index (κ2) is 4.47. The summed E-state index contributed by atoms with van der Waals surface area (Å²) in [5.74, 6) is 0.472. The molecule has 1 aromatic carbocycles. The lowest BCUT2D eigenvalue weighted by atomic mass is 10.2. The van der Waals surface area contributed by atoms with Crippen molar-refractivity contribution in [2.45, 2.75) is 19.0 Å². The topological polar surface area (TPSA) is 18.5 Å². The number of rotatable bonds is 4. The van der Waals surface area contributed by atoms with Gasteiger partial charge in [0.25, 0.3) is 0 Å². The van der Waals surface area contributed by atoms with Gasteiger partial charge in [-0.15, -0.1) is 0 Å². The van der Waals surface area contributed by atoms with Crippen LogP contribution in [0.1, 0.15) is 18.4 Å². The van der Waals surface area contributed by atoms with Crippen molar-refractivity contribution in [2.75, 3.05) is 13.7 Å². The molecule has 1 aliphatic rings. The molecule has 0 N–H and O–H groups in total. The van der Waals surface area contributed by atoms with E-state index in [0.717, 1.165) is 18.9 Å². The molecule has 94 valence electrons. The molecule has 2 nitrogen and oxygen atoms in total. The monoisotopic (exact) mass is 246 g/mol. The van der Waals surface area contributed by atoms with Crippen molar-refractivity contribution in [1.82, 2.24) is 0 Å². The predicted octanol–water partition coefficient (Wildman–Crippen LogP) is 3.50. The maximum absolute atomic E-state index is 12.8. The molecule has 1 aliphatic carbocycles. The van der Waals surface area contributed by atoms with Crippen LogP contribution < -0.4 is 9.47 Å². The van der Waals surface area contributed by atoms with E-state index in [4.69, 9.17) is 9.47 Å². The predicted molar refractivity (Wildman–Crippen MR) is 56.2 cm³/mol. The fourth-order valence-electron chi connectivity index (χ4n) is 1.48. The van der Waals surface area contributed by atoms with Crippen LogP contribution in [0.15, 0.2) is 18.2 Å². The van der Waals surface area contributed by atoms with Crippen molar-refractivity contribution in [3.8, 4) is 11.5 Å². The summed E-state index contributed by atoms with van der Waals surface area (Å²) < 4.78 is 48.3. The molecule has 0 aliphatic heterocycles. The highest BCUT2D eigenvalue weighted by Gasteiger charge is 2.35. The van der Waals surface area contributed by atoms with E-state index in [9.17, 15) is 13.2 Å². The SMILES string of the molecule is COc1ccc(OCC2CC2)c(C(F)(F)F)c1. The van der Waals surface area contributed by atoms with Crippen molar-refractivity contribution in [1.29, 1.82) is 0 Å². The van der Waals surface area contributed by atoms with Gasteiger partial charge < -0.3 is 9.47 Å². The van der Waals surface area contributed by atoms with E-state index in [0.29, 0.717) is 12.5 Å². The number of hydrogen-bond donors (Lipinski definition) is 0. The Hall–Kier alpha value is -1.39. The summed E-state index contributed by atoms with van der Waals surface area (Å²) in [6, 6.07) is 3.74. The molecular weight excluding hydrogens is 233 g/mol. The van der Waals surface area contributed by atoms with Gasteiger partial charge in [0.15, 0.2) is 0 Å². The highest BCUT2D eigenvalue weighted by atomic mass is 19.4. The first kappa shape index (κ1) is 12.1. The first-order valence-electron chi connectivity index (χ1n) is 5.38. The van der Waals surface area contributed by atoms with Crippen LogP contribution in [0.4, 0.5) is 13.2 Å². The first-order valence-corrected chi connectivity index (χ1v) is 5.38. The highest BCUT2D eigenvalue weighted by Crippen LogP contribution is 2.39. The zero-order chi connectivity index (χ0) is 12.5. The van der Waals surface area contributed by atoms with E-state index >= 15 is 0 Å². The Morgan fingerprint density at radius 1 is 1.29 bits per heavy atom. The number of halogens is 3. The maximum atomic E-state index is 12.8. The van der Waals surface area contributed by atoms with Crippen LogP contribution in [0.3, 0.4) is 0 Å². The van der Waals surface area contributed by atoms with Gasteiger partial charge in [-0.2, -0.15) is 13.2 Å². The quantitative estimate of drug-likeness (QED) is 0.809. The van der Waals surface area contributed by atoms with Gasteiger partial charge >= 0.3 is 6.18 Å². The van der Waals surface area contributed by atoms with E-state index < -0.39 is 11.7 Å². The molecule has 2 rings (SSSR count). The number of methoxy groups -OCH3 is 1. The molecule has 1 fully saturated rings. The van der Waals surface area contributed by atoms with Crippen LogP contribution in [-0.2, 0) is 6.18 Å². The zero-order valence-electron chi connectivity index (χ0n) is 9.38. The molecule has 1 aromatic rings. The van der Waals surface area contributed by atoms with Crippen LogP contribution in [0.5, 0.6) is 11.5 Å². The third-order valence-electron chi connectivity index (χ3n) is 2.66. The van der Waals surface area contributed by atoms with Crippen molar-refractivity contribution in [3.63, 3.8) is 0 Å². The van der Waals surface area contributed by atoms with E-state index in [1.807, 2.05) is 0 Å². The smallest absolute Gasteiger partial charge is 0.420 e. The van der Waals surface area contributed by atoms with Gasteiger partial charge in [0, 0.05) is 0 Å². The Bertz CT molecular complexity index is 397. The highest BCUT2D eigenvalue weighted by molar-refractivity contribution is 5.42. The summed E-state index contributed by atoms with van der Waals surface area (Å²) in [5.41, 5.74) is -0.780. The van der Waals surface area contributed by atoms with Gasteiger partial charge in [0.2, 0.25) is 0 Å². The van der Waals surface area contributed by atoms with E-state index in [1.165, 1.54) is 19.2 Å². The third kappa shape index (κ3) is 3.05. The van der Waals surface area contributed by atoms with E-state index in [-0.39, 0.29) is 11.5 Å². The molecule has 0 atom stereocenters. The summed E-state index contributed by atoms with van der Waals surface area (Å²) in [4.78, 5) is 0. The molecule has 1 saturated carbocycles. The Labute approximate surface area is 97.3 Å². The summed E-state index contributed by atoms with van der Waals surface area (Å²) in [6.45, 7) is 0.357. The molecular formula is C12H13F3O2. The number of hydrogen-bond acceptors (Lipinski definition) is 2. The van der Waals surface area contributed by atoms with Crippen LogP contribution >= 0.6 is 0 Å². The standard InChI is InChI=1S/C12H13F3O2/c1-16-9-4-5-11(17-7-8-2-3-8)10(6-9)12(13,14)15/h4-6,8H,2-3,7H2,1H3. The Balaban J connectivity index is 2.22. The fourth-order valence-corrected chi connectivity index (χ4v) is 1.48. The van der Waals surface area contributed by atoms with Crippen LogP contribution in [0.2, 0.25) is 0 Å². The lowest BCUT2D eigenvalue weighted by Crippen LogP contribution is -2.10. The van der Waals surface area contributed by atoms with E-state index in [1.54, 1.807) is 0 Å². The number of benzene rings is 1. The van der Waals surface area contributed by atoms with Gasteiger partial charge in [0.1, 0.15) is 17.1 Å². The molecule has 0 radical (unpaired) electrons. The molecule has 0 heterocycles. The molecule has 0 saturated heterocycles. The van der Waals surface area contributed by atoms with Gasteiger partial charge in [-0.1, -0.05) is 0 Å². The van der Waals surface area contributed by atoms with Crippen molar-refractivity contribution in [3.05, 3.63) is 23.8 Å². The minimum Gasteiger partial charge on any atom is -0.497 e. The number of alkyl halides is 3. The Kier molecular flexibility index (Phi) is 3.17. The van der Waals surface area contributed by atoms with Gasteiger partial charge in [-0.05, 0) is 37.0 Å². The normalized spacial score (nSPS) is 15.8. The molecule has 0 bridgehead atoms. The Morgan fingerprint density at radius 3 is 2.53 bits per heavy atom. The summed E-state index contributed by atoms with van der Waals surface area (Å²) in [5, 5.41) is 0. The summed E-state index contributed by atoms with van der Waals surface area (Å²) in [6.07, 6.45) is -2.34. The third-order valence-corrected chi connectivity index (χ3v) is 2.66. The average Bonchev–Trinajstić information content (AvgIpc) is 3.08. The first-order chi connectivity index (χ1) is 8.00. The minimum atomic E-state index is -4.42. The molecule has 0 aromatic heterocycles. The van der Waals surface area contributed by atoms with E-state index in [2.05, 4.69) is 0 Å². The van der Waals surface area contributed by atoms with Crippen LogP contribution in [0, 0.1) is 5.92 Å². The molecule has 0 amide bonds. The van der Waals surface area contributed by atoms with Gasteiger partial charge in [-0.25, -0.2) is 0 Å². The lowest BCUT2D eigenvalue weighted by Gasteiger charge is -2.14. The Morgan fingerprint density at radius 2 is 2.00 bits per heavy atom. The number of ether oxygens (including phenoxy) is 2. The molecule has 0 spiro atoms. The second-order valence-electron chi connectivity index (χ2n) is 4.11. The van der Waals surface area contributed by atoms with Crippen molar-refractivity contribution in [2.24, 2.45) is 5.92 Å². The van der Waals surface area contributed by atoms with Crippen molar-refractivity contribution >= 4 is 0 Å². The lowest BCUT2D eigenvalue weighted by molar-refractivity contribution is -0.139. The van der Waals surface area contributed by atoms with Crippen molar-refractivity contribution < 1.29 is 22.6 Å². The second-order valence-corrected chi connectivity index (χ2v) is 4.11. The molecule has 0 unspecified atom stereocenters. The molecule has 17 heavy (non-hydrogen) atoms. The molecule has 5 heteroatoms. The average molecular weight is 246 g/mol. The zero-order valence-corrected chi connectivity index (χ0v) is 9.38. The fraction of sp³-hybridized carbons (Fsp3) is 0.500. The van der Waals surface area contributed by atoms with Gasteiger partial charge in [0.05, 0.1) is 13.7 Å². The maximum Gasteiger partial charge on any atom is 0.420 e. The summed E-state index contributed by atoms with van der Waals surface area (Å²) in [7, 11) is 1.33.